The first kappa shape index (κ1) is 19.1. The van der Waals surface area contributed by atoms with E-state index in [-0.39, 0.29) is 11.7 Å². The molecule has 0 spiro atoms. The van der Waals surface area contributed by atoms with Crippen molar-refractivity contribution in [2.75, 3.05) is 12.4 Å². The fraction of sp³-hybridized carbons (Fsp3) is 0.176. The Hall–Kier alpha value is -2.25. The largest absolute Gasteiger partial charge is 0.504 e. The van der Waals surface area contributed by atoms with Gasteiger partial charge in [-0.3, -0.25) is 4.79 Å². The highest BCUT2D eigenvalue weighted by molar-refractivity contribution is 9.10. The standard InChI is InChI=1S/C17H17BrClN3O3/c1-10(21-14-5-3-13(19)4-6-14)17(24)22-20-9-11-7-12(18)8-15(25-2)16(11)23/h3-10,21,23H,1-2H3,(H,22,24). The number of nitrogens with one attached hydrogen (secondary N) is 2. The van der Waals surface area contributed by atoms with Crippen molar-refractivity contribution in [3.05, 3.63) is 51.5 Å². The van der Waals surface area contributed by atoms with Crippen molar-refractivity contribution in [1.82, 2.24) is 5.43 Å². The lowest BCUT2D eigenvalue weighted by Gasteiger charge is -2.13. The fourth-order valence-corrected chi connectivity index (χ4v) is 2.55. The lowest BCUT2D eigenvalue weighted by Crippen LogP contribution is -2.34. The van der Waals surface area contributed by atoms with Gasteiger partial charge in [0.05, 0.1) is 13.3 Å². The van der Waals surface area contributed by atoms with Crippen LogP contribution in [0.5, 0.6) is 11.5 Å². The summed E-state index contributed by atoms with van der Waals surface area (Å²) in [7, 11) is 1.45. The second-order valence-electron chi connectivity index (χ2n) is 5.15. The summed E-state index contributed by atoms with van der Waals surface area (Å²) in [6.45, 7) is 1.71. The number of benzene rings is 2. The number of hydrogen-bond donors (Lipinski definition) is 3. The topological polar surface area (TPSA) is 83.0 Å². The normalized spacial score (nSPS) is 12.0. The van der Waals surface area contributed by atoms with Crippen LogP contribution in [0.15, 0.2) is 46.0 Å². The average molecular weight is 427 g/mol. The lowest BCUT2D eigenvalue weighted by atomic mass is 10.2. The maximum atomic E-state index is 12.1. The Bertz CT molecular complexity index is 781. The predicted molar refractivity (Wildman–Crippen MR) is 103 cm³/mol. The Kier molecular flexibility index (Phi) is 6.66. The molecule has 0 radical (unpaired) electrons. The van der Waals surface area contributed by atoms with Crippen molar-refractivity contribution in [2.45, 2.75) is 13.0 Å². The zero-order chi connectivity index (χ0) is 18.4. The van der Waals surface area contributed by atoms with E-state index in [1.54, 1.807) is 43.3 Å². The zero-order valence-electron chi connectivity index (χ0n) is 13.6. The summed E-state index contributed by atoms with van der Waals surface area (Å²) in [6, 6.07) is 9.80. The monoisotopic (exact) mass is 425 g/mol. The first-order valence-electron chi connectivity index (χ1n) is 7.32. The van der Waals surface area contributed by atoms with Crippen LogP contribution < -0.4 is 15.5 Å². The highest BCUT2D eigenvalue weighted by Crippen LogP contribution is 2.32. The Morgan fingerprint density at radius 2 is 2.04 bits per heavy atom. The molecule has 0 bridgehead atoms. The number of aromatic hydroxyl groups is 1. The highest BCUT2D eigenvalue weighted by atomic mass is 79.9. The van der Waals surface area contributed by atoms with Gasteiger partial charge in [0.1, 0.15) is 6.04 Å². The number of hydrogen-bond acceptors (Lipinski definition) is 5. The number of phenols is 1. The first-order chi connectivity index (χ1) is 11.9. The number of amides is 1. The lowest BCUT2D eigenvalue weighted by molar-refractivity contribution is -0.121. The van der Waals surface area contributed by atoms with Crippen LogP contribution in [-0.2, 0) is 4.79 Å². The van der Waals surface area contributed by atoms with E-state index in [0.717, 1.165) is 5.69 Å². The molecular weight excluding hydrogens is 410 g/mol. The quantitative estimate of drug-likeness (QED) is 0.485. The van der Waals surface area contributed by atoms with Crippen molar-refractivity contribution in [1.29, 1.82) is 0 Å². The van der Waals surface area contributed by atoms with Gasteiger partial charge in [-0.05, 0) is 43.3 Å². The number of anilines is 1. The minimum Gasteiger partial charge on any atom is -0.504 e. The molecule has 0 aliphatic carbocycles. The van der Waals surface area contributed by atoms with Gasteiger partial charge in [-0.15, -0.1) is 0 Å². The molecule has 0 fully saturated rings. The number of carbonyl (C=O) groups is 1. The maximum Gasteiger partial charge on any atom is 0.262 e. The molecule has 25 heavy (non-hydrogen) atoms. The molecular formula is C17H17BrClN3O3. The van der Waals surface area contributed by atoms with Gasteiger partial charge in [-0.2, -0.15) is 5.10 Å². The van der Waals surface area contributed by atoms with Gasteiger partial charge in [-0.1, -0.05) is 27.5 Å². The Labute approximate surface area is 159 Å². The smallest absolute Gasteiger partial charge is 0.262 e. The summed E-state index contributed by atoms with van der Waals surface area (Å²) in [5.74, 6) is -0.0800. The van der Waals surface area contributed by atoms with Gasteiger partial charge in [-0.25, -0.2) is 5.43 Å². The third-order valence-corrected chi connectivity index (χ3v) is 4.00. The minimum atomic E-state index is -0.510. The third kappa shape index (κ3) is 5.37. The van der Waals surface area contributed by atoms with Gasteiger partial charge < -0.3 is 15.2 Å². The van der Waals surface area contributed by atoms with E-state index in [4.69, 9.17) is 16.3 Å². The van der Waals surface area contributed by atoms with E-state index in [1.165, 1.54) is 13.3 Å². The van der Waals surface area contributed by atoms with E-state index in [1.807, 2.05) is 0 Å². The number of halogens is 2. The number of hydrazone groups is 1. The predicted octanol–water partition coefficient (Wildman–Crippen LogP) is 3.77. The van der Waals surface area contributed by atoms with Crippen LogP contribution in [0.3, 0.4) is 0 Å². The summed E-state index contributed by atoms with van der Waals surface area (Å²) in [4.78, 5) is 12.1. The second kappa shape index (κ2) is 8.73. The summed E-state index contributed by atoms with van der Waals surface area (Å²) in [5, 5.41) is 17.6. The van der Waals surface area contributed by atoms with E-state index >= 15 is 0 Å². The van der Waals surface area contributed by atoms with Crippen molar-refractivity contribution >= 4 is 45.3 Å². The molecule has 0 saturated heterocycles. The number of methoxy groups -OCH3 is 1. The van der Waals surface area contributed by atoms with Crippen LogP contribution in [0.2, 0.25) is 5.02 Å². The molecule has 1 atom stereocenters. The molecule has 2 aromatic carbocycles. The van der Waals surface area contributed by atoms with Crippen LogP contribution >= 0.6 is 27.5 Å². The summed E-state index contributed by atoms with van der Waals surface area (Å²) < 4.78 is 5.77. The molecule has 0 aliphatic heterocycles. The summed E-state index contributed by atoms with van der Waals surface area (Å²) in [6.07, 6.45) is 1.34. The molecule has 0 heterocycles. The van der Waals surface area contributed by atoms with Crippen LogP contribution in [0.4, 0.5) is 5.69 Å². The molecule has 0 aliphatic rings. The van der Waals surface area contributed by atoms with Gasteiger partial charge in [0, 0.05) is 20.7 Å². The fourth-order valence-electron chi connectivity index (χ4n) is 1.97. The molecule has 1 unspecified atom stereocenters. The van der Waals surface area contributed by atoms with Gasteiger partial charge in [0.15, 0.2) is 11.5 Å². The molecule has 0 saturated carbocycles. The summed E-state index contributed by atoms with van der Waals surface area (Å²) >= 11 is 9.14. The van der Waals surface area contributed by atoms with Crippen LogP contribution in [0.25, 0.3) is 0 Å². The minimum absolute atomic E-state index is 0.0592. The van der Waals surface area contributed by atoms with E-state index in [2.05, 4.69) is 31.8 Å². The molecule has 2 aromatic rings. The van der Waals surface area contributed by atoms with E-state index in [9.17, 15) is 9.90 Å². The number of ether oxygens (including phenoxy) is 1. The van der Waals surface area contributed by atoms with E-state index < -0.39 is 6.04 Å². The molecule has 3 N–H and O–H groups in total. The Balaban J connectivity index is 1.98. The van der Waals surface area contributed by atoms with Gasteiger partial charge in [0.25, 0.3) is 5.91 Å². The summed E-state index contributed by atoms with van der Waals surface area (Å²) in [5.41, 5.74) is 3.60. The van der Waals surface area contributed by atoms with Crippen molar-refractivity contribution in [3.8, 4) is 11.5 Å². The third-order valence-electron chi connectivity index (χ3n) is 3.29. The Morgan fingerprint density at radius 3 is 2.68 bits per heavy atom. The maximum absolute atomic E-state index is 12.1. The average Bonchev–Trinajstić information content (AvgIpc) is 2.59. The van der Waals surface area contributed by atoms with Gasteiger partial charge in [0.2, 0.25) is 0 Å². The second-order valence-corrected chi connectivity index (χ2v) is 6.51. The number of rotatable bonds is 6. The first-order valence-corrected chi connectivity index (χ1v) is 8.49. The number of nitrogens with zero attached hydrogens (tertiary/aromatic N) is 1. The molecule has 8 heteroatoms. The number of phenolic OH excluding ortho intramolecular Hbond substituents is 1. The SMILES string of the molecule is COc1cc(Br)cc(C=NNC(=O)C(C)Nc2ccc(Cl)cc2)c1O. The molecule has 0 aromatic heterocycles. The highest BCUT2D eigenvalue weighted by Gasteiger charge is 2.12. The van der Waals surface area contributed by atoms with Crippen LogP contribution in [0.1, 0.15) is 12.5 Å². The van der Waals surface area contributed by atoms with E-state index in [0.29, 0.717) is 20.8 Å². The van der Waals surface area contributed by atoms with Gasteiger partial charge >= 0.3 is 0 Å². The zero-order valence-corrected chi connectivity index (χ0v) is 15.9. The molecule has 132 valence electrons. The molecule has 6 nitrogen and oxygen atoms in total. The van der Waals surface area contributed by atoms with Crippen molar-refractivity contribution in [3.63, 3.8) is 0 Å². The van der Waals surface area contributed by atoms with Crippen LogP contribution in [-0.4, -0.2) is 30.4 Å². The molecule has 2 rings (SSSR count). The van der Waals surface area contributed by atoms with Crippen molar-refractivity contribution in [2.24, 2.45) is 5.10 Å². The molecule has 1 amide bonds. The Morgan fingerprint density at radius 1 is 1.36 bits per heavy atom. The van der Waals surface area contributed by atoms with Crippen LogP contribution in [0, 0.1) is 0 Å². The van der Waals surface area contributed by atoms with Crippen molar-refractivity contribution < 1.29 is 14.6 Å². The number of carbonyl (C=O) groups excluding carboxylic acids is 1.